The number of nitrogens with zero attached hydrogens (tertiary/aromatic N) is 5. The molecule has 1 aliphatic heterocycles. The lowest BCUT2D eigenvalue weighted by Gasteiger charge is -2.38. The molecule has 3 heterocycles. The Balaban J connectivity index is 1.20. The van der Waals surface area contributed by atoms with Crippen LogP contribution in [0.5, 0.6) is 0 Å². The predicted octanol–water partition coefficient (Wildman–Crippen LogP) is 5.37. The molecule has 6 rings (SSSR count). The molecule has 0 atom stereocenters. The normalized spacial score (nSPS) is 15.4. The number of aryl methyl sites for hydroxylation is 1. The molecule has 11 heteroatoms. The van der Waals surface area contributed by atoms with Gasteiger partial charge >= 0.3 is 12.0 Å². The van der Waals surface area contributed by atoms with Crippen LogP contribution in [0, 0.1) is 12.7 Å². The van der Waals surface area contributed by atoms with Gasteiger partial charge in [0.1, 0.15) is 11.4 Å². The van der Waals surface area contributed by atoms with E-state index in [9.17, 15) is 19.5 Å². The van der Waals surface area contributed by atoms with Crippen molar-refractivity contribution < 1.29 is 19.1 Å². The lowest BCUT2D eigenvalue weighted by atomic mass is 10.1. The SMILES string of the molecule is CCN(C(=O)N1CCN(c2cc3c(cc2F)c(=O)c(C(=O)O)cn3C2CC2)CC1)c1nc(-c2ccc(C)cc2)cs1. The van der Waals surface area contributed by atoms with Gasteiger partial charge in [0.2, 0.25) is 5.43 Å². The molecule has 1 saturated carbocycles. The minimum Gasteiger partial charge on any atom is -0.477 e. The van der Waals surface area contributed by atoms with Crippen molar-refractivity contribution in [3.63, 3.8) is 0 Å². The monoisotopic (exact) mass is 575 g/mol. The molecule has 1 saturated heterocycles. The average molecular weight is 576 g/mol. The third-order valence-electron chi connectivity index (χ3n) is 7.78. The number of hydrogen-bond donors (Lipinski definition) is 1. The second kappa shape index (κ2) is 10.6. The van der Waals surface area contributed by atoms with Gasteiger partial charge in [0.15, 0.2) is 5.13 Å². The molecule has 212 valence electrons. The lowest BCUT2D eigenvalue weighted by molar-refractivity contribution is 0.0694. The second-order valence-corrected chi connectivity index (χ2v) is 11.4. The largest absolute Gasteiger partial charge is 0.477 e. The zero-order valence-corrected chi connectivity index (χ0v) is 23.7. The number of fused-ring (bicyclic) bond motifs is 1. The number of amides is 2. The minimum absolute atomic E-state index is 0.0684. The molecule has 2 fully saturated rings. The van der Waals surface area contributed by atoms with Gasteiger partial charge in [-0.25, -0.2) is 19.0 Å². The van der Waals surface area contributed by atoms with Gasteiger partial charge in [-0.05, 0) is 38.8 Å². The fourth-order valence-electron chi connectivity index (χ4n) is 5.31. The Morgan fingerprint density at radius 2 is 1.83 bits per heavy atom. The van der Waals surface area contributed by atoms with Crippen LogP contribution in [-0.4, -0.2) is 64.3 Å². The lowest BCUT2D eigenvalue weighted by Crippen LogP contribution is -2.53. The zero-order chi connectivity index (χ0) is 28.8. The highest BCUT2D eigenvalue weighted by Gasteiger charge is 2.30. The number of benzene rings is 2. The number of rotatable bonds is 6. The van der Waals surface area contributed by atoms with Crippen LogP contribution in [0.25, 0.3) is 22.2 Å². The quantitative estimate of drug-likeness (QED) is 0.332. The Morgan fingerprint density at radius 3 is 2.46 bits per heavy atom. The number of carbonyl (C=O) groups excluding carboxylic acids is 1. The molecule has 2 amide bonds. The van der Waals surface area contributed by atoms with Crippen LogP contribution in [-0.2, 0) is 0 Å². The van der Waals surface area contributed by atoms with Crippen LogP contribution in [0.15, 0.2) is 52.8 Å². The van der Waals surface area contributed by atoms with E-state index >= 15 is 4.39 Å². The molecule has 0 spiro atoms. The Morgan fingerprint density at radius 1 is 1.12 bits per heavy atom. The van der Waals surface area contributed by atoms with Crippen LogP contribution in [0.2, 0.25) is 0 Å². The number of anilines is 2. The number of urea groups is 1. The number of aromatic nitrogens is 2. The molecular weight excluding hydrogens is 545 g/mol. The zero-order valence-electron chi connectivity index (χ0n) is 22.8. The maximum absolute atomic E-state index is 15.4. The summed E-state index contributed by atoms with van der Waals surface area (Å²) in [5.41, 5.74) is 2.83. The van der Waals surface area contributed by atoms with Crippen LogP contribution < -0.4 is 15.2 Å². The first-order valence-corrected chi connectivity index (χ1v) is 14.6. The van der Waals surface area contributed by atoms with Gasteiger partial charge in [-0.2, -0.15) is 0 Å². The molecule has 9 nitrogen and oxygen atoms in total. The summed E-state index contributed by atoms with van der Waals surface area (Å²) in [4.78, 5) is 47.9. The number of carbonyl (C=O) groups is 2. The number of piperazine rings is 1. The van der Waals surface area contributed by atoms with E-state index in [0.717, 1.165) is 30.2 Å². The summed E-state index contributed by atoms with van der Waals surface area (Å²) >= 11 is 1.43. The summed E-state index contributed by atoms with van der Waals surface area (Å²) in [6.07, 6.45) is 3.14. The fraction of sp³-hybridized carbons (Fsp3) is 0.333. The van der Waals surface area contributed by atoms with Crippen LogP contribution in [0.4, 0.5) is 20.0 Å². The Labute approximate surface area is 240 Å². The van der Waals surface area contributed by atoms with Gasteiger partial charge in [0.05, 0.1) is 16.9 Å². The van der Waals surface area contributed by atoms with E-state index in [2.05, 4.69) is 0 Å². The summed E-state index contributed by atoms with van der Waals surface area (Å²) in [5, 5.41) is 12.1. The highest BCUT2D eigenvalue weighted by Crippen LogP contribution is 2.38. The van der Waals surface area contributed by atoms with E-state index in [-0.39, 0.29) is 23.0 Å². The Hall–Kier alpha value is -4.25. The van der Waals surface area contributed by atoms with Gasteiger partial charge in [-0.15, -0.1) is 11.3 Å². The maximum atomic E-state index is 15.4. The molecule has 2 aromatic carbocycles. The molecule has 2 aromatic heterocycles. The summed E-state index contributed by atoms with van der Waals surface area (Å²) < 4.78 is 17.1. The van der Waals surface area contributed by atoms with Crippen molar-refractivity contribution in [3.05, 3.63) is 75.1 Å². The highest BCUT2D eigenvalue weighted by molar-refractivity contribution is 7.14. The van der Waals surface area contributed by atoms with Gasteiger partial charge in [0.25, 0.3) is 0 Å². The Bertz CT molecular complexity index is 1700. The number of pyridine rings is 1. The van der Waals surface area contributed by atoms with Gasteiger partial charge in [0, 0.05) is 61.3 Å². The third-order valence-corrected chi connectivity index (χ3v) is 8.64. The number of aromatic carboxylic acids is 1. The van der Waals surface area contributed by atoms with E-state index in [0.29, 0.717) is 49.1 Å². The fourth-order valence-corrected chi connectivity index (χ4v) is 6.21. The summed E-state index contributed by atoms with van der Waals surface area (Å²) in [6, 6.07) is 10.9. The number of halogens is 1. The minimum atomic E-state index is -1.32. The molecule has 0 radical (unpaired) electrons. The molecule has 0 bridgehead atoms. The number of hydrogen-bond acceptors (Lipinski definition) is 6. The van der Waals surface area contributed by atoms with Crippen molar-refractivity contribution in [1.82, 2.24) is 14.5 Å². The van der Waals surface area contributed by atoms with Crippen molar-refractivity contribution in [2.24, 2.45) is 0 Å². The number of carboxylic acids is 1. The van der Waals surface area contributed by atoms with Crippen LogP contribution in [0.3, 0.4) is 0 Å². The van der Waals surface area contributed by atoms with Gasteiger partial charge < -0.3 is 19.5 Å². The molecular formula is C30H30FN5O4S. The van der Waals surface area contributed by atoms with Crippen molar-refractivity contribution in [2.45, 2.75) is 32.7 Å². The smallest absolute Gasteiger partial charge is 0.341 e. The molecule has 1 aliphatic carbocycles. The van der Waals surface area contributed by atoms with Crippen molar-refractivity contribution in [1.29, 1.82) is 0 Å². The van der Waals surface area contributed by atoms with Crippen LogP contribution >= 0.6 is 11.3 Å². The average Bonchev–Trinajstić information content (AvgIpc) is 3.70. The van der Waals surface area contributed by atoms with E-state index < -0.39 is 17.2 Å². The van der Waals surface area contributed by atoms with E-state index in [1.807, 2.05) is 48.4 Å². The highest BCUT2D eigenvalue weighted by atomic mass is 32.1. The topological polar surface area (TPSA) is 99.0 Å². The van der Waals surface area contributed by atoms with Crippen molar-refractivity contribution in [3.8, 4) is 11.3 Å². The standard InChI is InChI=1S/C30H30FN5O4S/c1-3-35(29-32-24(17-41-29)19-6-4-18(2)5-7-19)30(40)34-12-10-33(11-13-34)26-15-25-21(14-23(26)31)27(37)22(28(38)39)16-36(25)20-8-9-20/h4-7,14-17,20H,3,8-13H2,1-2H3,(H,38,39). The number of thiazole rings is 1. The molecule has 41 heavy (non-hydrogen) atoms. The first-order chi connectivity index (χ1) is 19.7. The first kappa shape index (κ1) is 26.9. The summed E-state index contributed by atoms with van der Waals surface area (Å²) in [6.45, 7) is 6.05. The van der Waals surface area contributed by atoms with Crippen molar-refractivity contribution in [2.75, 3.05) is 42.5 Å². The predicted molar refractivity (Wildman–Crippen MR) is 158 cm³/mol. The first-order valence-electron chi connectivity index (χ1n) is 13.7. The van der Waals surface area contributed by atoms with E-state index in [1.165, 1.54) is 23.1 Å². The Kier molecular flexibility index (Phi) is 6.98. The van der Waals surface area contributed by atoms with E-state index in [1.54, 1.807) is 20.4 Å². The van der Waals surface area contributed by atoms with Gasteiger partial charge in [-0.3, -0.25) is 9.69 Å². The third kappa shape index (κ3) is 5.06. The molecule has 2 aliphatic rings. The maximum Gasteiger partial charge on any atom is 0.341 e. The molecule has 0 unspecified atom stereocenters. The molecule has 1 N–H and O–H groups in total. The second-order valence-electron chi connectivity index (χ2n) is 10.5. The van der Waals surface area contributed by atoms with Crippen molar-refractivity contribution >= 4 is 45.1 Å². The number of carboxylic acid groups (broad SMARTS) is 1. The summed E-state index contributed by atoms with van der Waals surface area (Å²) in [5.74, 6) is -1.90. The van der Waals surface area contributed by atoms with Crippen LogP contribution in [0.1, 0.15) is 41.7 Å². The summed E-state index contributed by atoms with van der Waals surface area (Å²) in [7, 11) is 0. The van der Waals surface area contributed by atoms with Gasteiger partial charge in [-0.1, -0.05) is 29.8 Å². The van der Waals surface area contributed by atoms with E-state index in [4.69, 9.17) is 4.98 Å². The molecule has 4 aromatic rings.